The molecule has 142 valence electrons. The van der Waals surface area contributed by atoms with Gasteiger partial charge < -0.3 is 4.74 Å². The SMILES string of the molecule is CC(C)(CCCCc1ccccc1)CCOc1ccccc1C1=CN=CC1. The fourth-order valence-corrected chi connectivity index (χ4v) is 3.52. The Hall–Kier alpha value is -2.35. The van der Waals surface area contributed by atoms with Crippen molar-refractivity contribution in [3.05, 3.63) is 71.9 Å². The zero-order valence-corrected chi connectivity index (χ0v) is 16.7. The van der Waals surface area contributed by atoms with Gasteiger partial charge in [0, 0.05) is 24.4 Å². The van der Waals surface area contributed by atoms with Gasteiger partial charge in [-0.1, -0.05) is 68.8 Å². The summed E-state index contributed by atoms with van der Waals surface area (Å²) in [6, 6.07) is 19.1. The van der Waals surface area contributed by atoms with Gasteiger partial charge in [-0.2, -0.15) is 0 Å². The first kappa shape index (κ1) is 19.4. The summed E-state index contributed by atoms with van der Waals surface area (Å²) in [6.45, 7) is 5.48. The summed E-state index contributed by atoms with van der Waals surface area (Å²) in [5.74, 6) is 0.981. The Labute approximate surface area is 164 Å². The Morgan fingerprint density at radius 2 is 1.70 bits per heavy atom. The highest BCUT2D eigenvalue weighted by Crippen LogP contribution is 2.32. The van der Waals surface area contributed by atoms with E-state index in [4.69, 9.17) is 4.74 Å². The molecule has 0 aromatic heterocycles. The molecular formula is C25H31NO. The number of hydrogen-bond acceptors (Lipinski definition) is 2. The third-order valence-electron chi connectivity index (χ3n) is 5.33. The minimum absolute atomic E-state index is 0.307. The van der Waals surface area contributed by atoms with Crippen molar-refractivity contribution in [2.24, 2.45) is 10.4 Å². The van der Waals surface area contributed by atoms with Gasteiger partial charge in [0.15, 0.2) is 0 Å². The molecule has 0 aliphatic carbocycles. The van der Waals surface area contributed by atoms with Gasteiger partial charge in [-0.25, -0.2) is 0 Å². The zero-order valence-electron chi connectivity index (χ0n) is 16.7. The lowest BCUT2D eigenvalue weighted by molar-refractivity contribution is 0.213. The maximum absolute atomic E-state index is 6.16. The number of aryl methyl sites for hydroxylation is 1. The van der Waals surface area contributed by atoms with Crippen LogP contribution in [0.4, 0.5) is 0 Å². The molecule has 0 atom stereocenters. The molecule has 0 fully saturated rings. The number of rotatable bonds is 10. The summed E-state index contributed by atoms with van der Waals surface area (Å²) in [6.07, 6.45) is 10.8. The fraction of sp³-hybridized carbons (Fsp3) is 0.400. The van der Waals surface area contributed by atoms with E-state index in [0.29, 0.717) is 5.41 Å². The van der Waals surface area contributed by atoms with E-state index in [2.05, 4.69) is 67.4 Å². The number of unbranched alkanes of at least 4 members (excludes halogenated alkanes) is 1. The summed E-state index contributed by atoms with van der Waals surface area (Å²) in [5, 5.41) is 0. The maximum atomic E-state index is 6.16. The van der Waals surface area contributed by atoms with E-state index < -0.39 is 0 Å². The van der Waals surface area contributed by atoms with Gasteiger partial charge in [-0.15, -0.1) is 0 Å². The summed E-state index contributed by atoms with van der Waals surface area (Å²) in [4.78, 5) is 4.22. The summed E-state index contributed by atoms with van der Waals surface area (Å²) < 4.78 is 6.16. The number of aliphatic imine (C=N–C) groups is 1. The van der Waals surface area contributed by atoms with Crippen molar-refractivity contribution in [1.29, 1.82) is 0 Å². The third-order valence-corrected chi connectivity index (χ3v) is 5.33. The fourth-order valence-electron chi connectivity index (χ4n) is 3.52. The molecule has 0 amide bonds. The van der Waals surface area contributed by atoms with Gasteiger partial charge in [0.25, 0.3) is 0 Å². The smallest absolute Gasteiger partial charge is 0.126 e. The van der Waals surface area contributed by atoms with Crippen molar-refractivity contribution in [3.63, 3.8) is 0 Å². The van der Waals surface area contributed by atoms with Crippen molar-refractivity contribution in [2.45, 2.75) is 52.4 Å². The molecule has 1 aliphatic rings. The number of benzene rings is 2. The van der Waals surface area contributed by atoms with E-state index in [0.717, 1.165) is 25.2 Å². The van der Waals surface area contributed by atoms with Crippen LogP contribution in [0.5, 0.6) is 5.75 Å². The highest BCUT2D eigenvalue weighted by molar-refractivity contribution is 5.86. The first-order valence-electron chi connectivity index (χ1n) is 10.1. The van der Waals surface area contributed by atoms with Crippen molar-refractivity contribution in [3.8, 4) is 5.75 Å². The van der Waals surface area contributed by atoms with Crippen LogP contribution >= 0.6 is 0 Å². The molecule has 2 nitrogen and oxygen atoms in total. The second kappa shape index (κ2) is 9.55. The molecule has 0 saturated carbocycles. The van der Waals surface area contributed by atoms with E-state index in [1.807, 2.05) is 18.5 Å². The summed E-state index contributed by atoms with van der Waals surface area (Å²) in [5.41, 5.74) is 4.17. The van der Waals surface area contributed by atoms with Crippen LogP contribution in [0, 0.1) is 5.41 Å². The van der Waals surface area contributed by atoms with E-state index in [-0.39, 0.29) is 0 Å². The monoisotopic (exact) mass is 361 g/mol. The molecule has 0 spiro atoms. The maximum Gasteiger partial charge on any atom is 0.126 e. The number of allylic oxidation sites excluding steroid dienone is 1. The Morgan fingerprint density at radius 1 is 0.926 bits per heavy atom. The van der Waals surface area contributed by atoms with Gasteiger partial charge in [-0.05, 0) is 48.3 Å². The van der Waals surface area contributed by atoms with Crippen LogP contribution in [0.15, 0.2) is 65.8 Å². The van der Waals surface area contributed by atoms with Gasteiger partial charge in [0.1, 0.15) is 5.75 Å². The van der Waals surface area contributed by atoms with Gasteiger partial charge >= 0.3 is 0 Å². The van der Waals surface area contributed by atoms with Crippen LogP contribution in [0.1, 0.15) is 57.1 Å². The largest absolute Gasteiger partial charge is 0.493 e. The van der Waals surface area contributed by atoms with Gasteiger partial charge in [0.2, 0.25) is 0 Å². The van der Waals surface area contributed by atoms with Crippen LogP contribution in [0.3, 0.4) is 0 Å². The van der Waals surface area contributed by atoms with E-state index >= 15 is 0 Å². The zero-order chi connectivity index (χ0) is 19.0. The van der Waals surface area contributed by atoms with Gasteiger partial charge in [-0.3, -0.25) is 4.99 Å². The molecule has 0 saturated heterocycles. The highest BCUT2D eigenvalue weighted by Gasteiger charge is 2.18. The lowest BCUT2D eigenvalue weighted by Gasteiger charge is -2.25. The molecule has 0 N–H and O–H groups in total. The Bertz CT molecular complexity index is 774. The molecular weight excluding hydrogens is 330 g/mol. The Balaban J connectivity index is 1.41. The van der Waals surface area contributed by atoms with Crippen molar-refractivity contribution in [2.75, 3.05) is 6.61 Å². The summed E-state index contributed by atoms with van der Waals surface area (Å²) in [7, 11) is 0. The Morgan fingerprint density at radius 3 is 2.48 bits per heavy atom. The first-order valence-corrected chi connectivity index (χ1v) is 10.1. The average molecular weight is 362 g/mol. The molecule has 2 heteroatoms. The van der Waals surface area contributed by atoms with Crippen LogP contribution in [0.2, 0.25) is 0 Å². The summed E-state index contributed by atoms with van der Waals surface area (Å²) >= 11 is 0. The molecule has 2 aromatic carbocycles. The van der Waals surface area contributed by atoms with E-state index in [1.165, 1.54) is 42.4 Å². The standard InChI is InChI=1S/C25H31NO/c1-25(2,16-9-8-12-21-10-4-3-5-11-21)17-19-27-24-14-7-6-13-23(24)22-15-18-26-20-22/h3-7,10-11,13-14,18,20H,8-9,12,15-17,19H2,1-2H3. The second-order valence-corrected chi connectivity index (χ2v) is 8.14. The number of ether oxygens (including phenoxy) is 1. The molecule has 1 aliphatic heterocycles. The van der Waals surface area contributed by atoms with E-state index in [9.17, 15) is 0 Å². The second-order valence-electron chi connectivity index (χ2n) is 8.14. The van der Waals surface area contributed by atoms with Crippen LogP contribution in [-0.4, -0.2) is 12.8 Å². The first-order chi connectivity index (χ1) is 13.1. The third kappa shape index (κ3) is 6.09. The van der Waals surface area contributed by atoms with Gasteiger partial charge in [0.05, 0.1) is 6.61 Å². The van der Waals surface area contributed by atoms with E-state index in [1.54, 1.807) is 0 Å². The molecule has 1 heterocycles. The molecule has 2 aromatic rings. The van der Waals surface area contributed by atoms with Crippen LogP contribution in [-0.2, 0) is 6.42 Å². The highest BCUT2D eigenvalue weighted by atomic mass is 16.5. The topological polar surface area (TPSA) is 21.6 Å². The van der Waals surface area contributed by atoms with Crippen LogP contribution in [0.25, 0.3) is 5.57 Å². The number of para-hydroxylation sites is 1. The number of hydrogen-bond donors (Lipinski definition) is 0. The minimum atomic E-state index is 0.307. The molecule has 0 unspecified atom stereocenters. The van der Waals surface area contributed by atoms with Crippen molar-refractivity contribution in [1.82, 2.24) is 0 Å². The molecule has 0 radical (unpaired) electrons. The number of nitrogens with zero attached hydrogens (tertiary/aromatic N) is 1. The van der Waals surface area contributed by atoms with Crippen LogP contribution < -0.4 is 4.74 Å². The Kier molecular flexibility index (Phi) is 6.86. The predicted octanol–water partition coefficient (Wildman–Crippen LogP) is 6.71. The van der Waals surface area contributed by atoms with Crippen molar-refractivity contribution < 1.29 is 4.74 Å². The molecule has 0 bridgehead atoms. The quantitative estimate of drug-likeness (QED) is 0.431. The van der Waals surface area contributed by atoms with Crippen molar-refractivity contribution >= 4 is 11.8 Å². The lowest BCUT2D eigenvalue weighted by atomic mass is 9.84. The minimum Gasteiger partial charge on any atom is -0.493 e. The predicted molar refractivity (Wildman–Crippen MR) is 115 cm³/mol. The molecule has 27 heavy (non-hydrogen) atoms. The molecule has 3 rings (SSSR count). The normalized spacial score (nSPS) is 13.6. The average Bonchev–Trinajstić information content (AvgIpc) is 3.21. The lowest BCUT2D eigenvalue weighted by Crippen LogP contribution is -2.16.